The molecule has 1 N–H and O–H groups in total. The van der Waals surface area contributed by atoms with Gasteiger partial charge in [-0.2, -0.15) is 0 Å². The Hall–Kier alpha value is -4.32. The van der Waals surface area contributed by atoms with Crippen LogP contribution in [0.1, 0.15) is 41.7 Å². The molecule has 5 aromatic carbocycles. The molecule has 0 unspecified atom stereocenters. The van der Waals surface area contributed by atoms with Crippen LogP contribution in [0.15, 0.2) is 78.9 Å². The number of benzene rings is 5. The largest absolute Gasteiger partial charge is 0.504 e. The van der Waals surface area contributed by atoms with Crippen molar-refractivity contribution >= 4 is 40.1 Å². The monoisotopic (exact) mass is 624 g/mol. The summed E-state index contributed by atoms with van der Waals surface area (Å²) in [5.41, 5.74) is 5.27. The van der Waals surface area contributed by atoms with Crippen molar-refractivity contribution in [1.82, 2.24) is 0 Å². The second kappa shape index (κ2) is 10.1. The third kappa shape index (κ3) is 3.99. The highest BCUT2D eigenvalue weighted by atomic mass is 35.5. The molecule has 0 fully saturated rings. The van der Waals surface area contributed by atoms with E-state index in [9.17, 15) is 5.11 Å². The molecule has 0 atom stereocenters. The lowest BCUT2D eigenvalue weighted by Crippen LogP contribution is -2.35. The molecule has 5 nitrogen and oxygen atoms in total. The molecule has 0 bridgehead atoms. The van der Waals surface area contributed by atoms with Crippen molar-refractivity contribution in [3.8, 4) is 39.9 Å². The zero-order valence-corrected chi connectivity index (χ0v) is 26.4. The van der Waals surface area contributed by atoms with Gasteiger partial charge < -0.3 is 24.1 Å². The second-order valence-electron chi connectivity index (χ2n) is 11.6. The summed E-state index contributed by atoms with van der Waals surface area (Å²) in [7, 11) is 4.86. The van der Waals surface area contributed by atoms with Gasteiger partial charge in [0.25, 0.3) is 0 Å². The summed E-state index contributed by atoms with van der Waals surface area (Å²) >= 11 is 13.7. The van der Waals surface area contributed by atoms with Gasteiger partial charge in [-0.1, -0.05) is 67.4 Å². The molecular formula is C37H30Cl2O5. The van der Waals surface area contributed by atoms with Crippen LogP contribution in [0.25, 0.3) is 28.0 Å². The number of hydrogen-bond donors (Lipinski definition) is 1. The van der Waals surface area contributed by atoms with Gasteiger partial charge in [-0.15, -0.1) is 0 Å². The highest BCUT2D eigenvalue weighted by Gasteiger charge is 2.45. The standard InChI is InChI=1S/C37H30Cl2O5/c1-36(2)28-19-31(43-5)30(40)18-26(28)32-27-16-22(38)17-29(39)33(27)35-25(34(32)36)14-15-37(44-35,20-6-10-23(41-3)11-7-20)21-8-12-24(42-4)13-9-21/h6-19,40H,1-5H3. The van der Waals surface area contributed by atoms with E-state index in [1.54, 1.807) is 33.5 Å². The normalized spacial score (nSPS) is 15.2. The maximum atomic E-state index is 10.9. The third-order valence-corrected chi connectivity index (χ3v) is 9.50. The van der Waals surface area contributed by atoms with Gasteiger partial charge in [-0.05, 0) is 82.2 Å². The van der Waals surface area contributed by atoms with Gasteiger partial charge in [-0.3, -0.25) is 0 Å². The van der Waals surface area contributed by atoms with Crippen molar-refractivity contribution in [2.45, 2.75) is 24.9 Å². The van der Waals surface area contributed by atoms with E-state index in [-0.39, 0.29) is 5.75 Å². The number of phenols is 1. The molecule has 0 saturated heterocycles. The topological polar surface area (TPSA) is 57.2 Å². The first-order valence-electron chi connectivity index (χ1n) is 14.2. The number of hydrogen-bond acceptors (Lipinski definition) is 5. The van der Waals surface area contributed by atoms with Gasteiger partial charge in [0.2, 0.25) is 0 Å². The zero-order chi connectivity index (χ0) is 31.0. The fraction of sp³-hybridized carbons (Fsp3) is 0.189. The number of methoxy groups -OCH3 is 3. The van der Waals surface area contributed by atoms with Crippen molar-refractivity contribution in [3.63, 3.8) is 0 Å². The second-order valence-corrected chi connectivity index (χ2v) is 12.5. The molecule has 5 aromatic rings. The number of ether oxygens (including phenoxy) is 4. The van der Waals surface area contributed by atoms with E-state index in [1.807, 2.05) is 60.7 Å². The molecule has 7 rings (SSSR count). The predicted molar refractivity (Wildman–Crippen MR) is 176 cm³/mol. The van der Waals surface area contributed by atoms with Gasteiger partial charge in [0, 0.05) is 32.5 Å². The Morgan fingerprint density at radius 2 is 1.39 bits per heavy atom. The molecular weight excluding hydrogens is 595 g/mol. The van der Waals surface area contributed by atoms with Crippen LogP contribution in [0, 0.1) is 0 Å². The first kappa shape index (κ1) is 28.5. The molecule has 0 aromatic heterocycles. The van der Waals surface area contributed by atoms with E-state index < -0.39 is 11.0 Å². The van der Waals surface area contributed by atoms with Crippen molar-refractivity contribution in [3.05, 3.63) is 117 Å². The predicted octanol–water partition coefficient (Wildman–Crippen LogP) is 9.53. The van der Waals surface area contributed by atoms with Crippen molar-refractivity contribution in [2.75, 3.05) is 21.3 Å². The number of rotatable bonds is 5. The highest BCUT2D eigenvalue weighted by Crippen LogP contribution is 2.60. The fourth-order valence-electron chi connectivity index (χ4n) is 6.85. The van der Waals surface area contributed by atoms with Gasteiger partial charge in [-0.25, -0.2) is 0 Å². The van der Waals surface area contributed by atoms with Gasteiger partial charge >= 0.3 is 0 Å². The SMILES string of the molecule is COc1ccc(C2(c3ccc(OC)cc3)C=Cc3c4c(c5cc(Cl)cc(Cl)c5c3O2)-c2cc(O)c(OC)cc2C4(C)C)cc1. The van der Waals surface area contributed by atoms with E-state index in [1.165, 1.54) is 0 Å². The van der Waals surface area contributed by atoms with Crippen molar-refractivity contribution in [2.24, 2.45) is 0 Å². The lowest BCUT2D eigenvalue weighted by atomic mass is 9.76. The first-order chi connectivity index (χ1) is 21.1. The Bertz CT molecular complexity index is 1950. The minimum Gasteiger partial charge on any atom is -0.504 e. The zero-order valence-electron chi connectivity index (χ0n) is 24.9. The Morgan fingerprint density at radius 1 is 0.773 bits per heavy atom. The summed E-state index contributed by atoms with van der Waals surface area (Å²) < 4.78 is 23.7. The van der Waals surface area contributed by atoms with Gasteiger partial charge in [0.05, 0.1) is 26.4 Å². The van der Waals surface area contributed by atoms with Crippen LogP contribution in [-0.2, 0) is 11.0 Å². The Morgan fingerprint density at radius 3 is 1.95 bits per heavy atom. The molecule has 1 aliphatic heterocycles. The van der Waals surface area contributed by atoms with Crippen LogP contribution in [0.5, 0.6) is 28.7 Å². The molecule has 1 aliphatic carbocycles. The summed E-state index contributed by atoms with van der Waals surface area (Å²) in [6, 6.07) is 23.1. The van der Waals surface area contributed by atoms with Crippen LogP contribution >= 0.6 is 23.2 Å². The first-order valence-corrected chi connectivity index (χ1v) is 15.0. The number of fused-ring (bicyclic) bond motifs is 8. The quantitative estimate of drug-likeness (QED) is 0.211. The average molecular weight is 626 g/mol. The summed E-state index contributed by atoms with van der Waals surface area (Å²) in [6.45, 7) is 4.35. The Labute approximate surface area is 266 Å². The van der Waals surface area contributed by atoms with E-state index in [0.717, 1.165) is 61.2 Å². The number of halogens is 2. The molecule has 7 heteroatoms. The van der Waals surface area contributed by atoms with Crippen LogP contribution in [0.4, 0.5) is 0 Å². The van der Waals surface area contributed by atoms with E-state index in [0.29, 0.717) is 21.5 Å². The van der Waals surface area contributed by atoms with Crippen LogP contribution in [0.3, 0.4) is 0 Å². The van der Waals surface area contributed by atoms with Gasteiger partial charge in [0.1, 0.15) is 17.2 Å². The summed E-state index contributed by atoms with van der Waals surface area (Å²) in [6.07, 6.45) is 4.24. The van der Waals surface area contributed by atoms with E-state index in [4.69, 9.17) is 42.1 Å². The molecule has 2 aliphatic rings. The lowest BCUT2D eigenvalue weighted by molar-refractivity contribution is 0.163. The number of phenolic OH excluding ortho intramolecular Hbond substituents is 1. The molecule has 0 radical (unpaired) electrons. The van der Waals surface area contributed by atoms with Gasteiger partial charge in [0.15, 0.2) is 17.1 Å². The van der Waals surface area contributed by atoms with E-state index >= 15 is 0 Å². The summed E-state index contributed by atoms with van der Waals surface area (Å²) in [5, 5.41) is 13.4. The van der Waals surface area contributed by atoms with E-state index in [2.05, 4.69) is 26.0 Å². The molecule has 0 spiro atoms. The average Bonchev–Trinajstić information content (AvgIpc) is 3.25. The van der Waals surface area contributed by atoms with Crippen molar-refractivity contribution < 1.29 is 24.1 Å². The lowest BCUT2D eigenvalue weighted by Gasteiger charge is -2.38. The summed E-state index contributed by atoms with van der Waals surface area (Å²) in [5.74, 6) is 2.64. The third-order valence-electron chi connectivity index (χ3n) is 8.99. The maximum absolute atomic E-state index is 10.9. The molecule has 222 valence electrons. The van der Waals surface area contributed by atoms with Crippen LogP contribution < -0.4 is 18.9 Å². The molecule has 0 amide bonds. The fourth-order valence-corrected chi connectivity index (χ4v) is 7.43. The Kier molecular flexibility index (Phi) is 6.54. The van der Waals surface area contributed by atoms with Crippen LogP contribution in [0.2, 0.25) is 10.0 Å². The number of aromatic hydroxyl groups is 1. The van der Waals surface area contributed by atoms with Crippen LogP contribution in [-0.4, -0.2) is 26.4 Å². The molecule has 0 saturated carbocycles. The maximum Gasteiger partial charge on any atom is 0.178 e. The van der Waals surface area contributed by atoms with Crippen molar-refractivity contribution in [1.29, 1.82) is 0 Å². The highest BCUT2D eigenvalue weighted by molar-refractivity contribution is 6.40. The Balaban J connectivity index is 1.56. The summed E-state index contributed by atoms with van der Waals surface area (Å²) in [4.78, 5) is 0. The minimum absolute atomic E-state index is 0.0683. The smallest absolute Gasteiger partial charge is 0.178 e. The minimum atomic E-state index is -0.993. The molecule has 1 heterocycles. The molecule has 44 heavy (non-hydrogen) atoms.